The zero-order chi connectivity index (χ0) is 45.5. The lowest BCUT2D eigenvalue weighted by atomic mass is 10.00. The number of carbonyl (C=O) groups excluding carboxylic acids is 2. The van der Waals surface area contributed by atoms with Crippen molar-refractivity contribution in [2.45, 2.75) is 205 Å². The van der Waals surface area contributed by atoms with Crippen molar-refractivity contribution in [1.29, 1.82) is 0 Å². The Morgan fingerprint density at radius 1 is 0.548 bits per heavy atom. The van der Waals surface area contributed by atoms with E-state index >= 15 is 0 Å². The summed E-state index contributed by atoms with van der Waals surface area (Å²) >= 11 is 0. The van der Waals surface area contributed by atoms with Gasteiger partial charge in [0.1, 0.15) is 36.8 Å². The van der Waals surface area contributed by atoms with Crippen LogP contribution in [0.5, 0.6) is 0 Å². The number of esters is 2. The minimum Gasteiger partial charge on any atom is -0.462 e. The van der Waals surface area contributed by atoms with E-state index in [1.165, 1.54) is 57.8 Å². The number of unbranched alkanes of at least 4 members (excludes halogenated alkanes) is 14. The summed E-state index contributed by atoms with van der Waals surface area (Å²) in [5.41, 5.74) is 0. The summed E-state index contributed by atoms with van der Waals surface area (Å²) in [5.74, 6) is -2.07. The van der Waals surface area contributed by atoms with Crippen LogP contribution < -0.4 is 0 Å². The molecule has 0 bridgehead atoms. The van der Waals surface area contributed by atoms with Crippen molar-refractivity contribution in [3.05, 3.63) is 72.9 Å². The second-order valence-corrected chi connectivity index (χ2v) is 17.6. The van der Waals surface area contributed by atoms with Crippen LogP contribution in [0.1, 0.15) is 168 Å². The van der Waals surface area contributed by atoms with E-state index in [-0.39, 0.29) is 19.4 Å². The molecule has 6 atom stereocenters. The number of hydrogen-bond acceptors (Lipinski definition) is 11. The van der Waals surface area contributed by atoms with Crippen LogP contribution in [0.2, 0.25) is 0 Å². The Balaban J connectivity index is 2.49. The largest absolute Gasteiger partial charge is 0.462 e. The molecule has 0 aromatic heterocycles. The van der Waals surface area contributed by atoms with Gasteiger partial charge in [-0.1, -0.05) is 138 Å². The molecule has 0 aromatic carbocycles. The second kappa shape index (κ2) is 38.5. The van der Waals surface area contributed by atoms with Crippen LogP contribution in [0, 0.1) is 0 Å². The Morgan fingerprint density at radius 2 is 0.968 bits per heavy atom. The van der Waals surface area contributed by atoms with Gasteiger partial charge in [0.2, 0.25) is 0 Å². The molecule has 0 amide bonds. The molecule has 62 heavy (non-hydrogen) atoms. The van der Waals surface area contributed by atoms with Crippen LogP contribution in [0.25, 0.3) is 0 Å². The predicted octanol–water partition coefficient (Wildman–Crippen LogP) is 9.89. The molecule has 0 saturated carbocycles. The average molecular weight is 895 g/mol. The zero-order valence-corrected chi connectivity index (χ0v) is 38.8. The number of rotatable bonds is 38. The molecule has 1 saturated heterocycles. The zero-order valence-electron chi connectivity index (χ0n) is 37.9. The Bertz CT molecular complexity index is 1420. The predicted molar refractivity (Wildman–Crippen MR) is 247 cm³/mol. The molecule has 1 heterocycles. The molecule has 1 aliphatic heterocycles. The SMILES string of the molecule is CCCCC/C=C/C/C=C/C/C=C/C/C=C/CCCCCC(=O)O[C@H](COC(=O)CCCC/C=C/C/C=C/CCCCCCCC)CO[C@H]1O[C@H](CS(=O)(=O)O)[C@@H](O)C(O)C1O. The standard InChI is InChI=1S/C49H82O12S/c1-3-5-7-9-11-13-15-17-19-20-21-22-24-26-28-30-32-34-36-38-45(51)60-42(40-59-49-48(54)47(53)46(52)43(61-49)41-62(55,56)57)39-58-44(50)37-35-33-31-29-27-25-23-18-16-14-12-10-8-6-4-2/h11,13,17-19,21-23,26-29,42-43,46-49,52-54H,3-10,12,14-16,20,24-25,30-41H2,1-2H3,(H,55,56,57)/b13-11+,19-17+,22-21+,23-18+,28-26+,29-27+/t42-,43-,46-,47?,48?,49+/m1/s1. The molecular formula is C49H82O12S. The Labute approximate surface area is 374 Å². The summed E-state index contributed by atoms with van der Waals surface area (Å²) in [6.45, 7) is 3.66. The van der Waals surface area contributed by atoms with Crippen molar-refractivity contribution in [1.82, 2.24) is 0 Å². The first kappa shape index (κ1) is 57.1. The molecule has 0 spiro atoms. The van der Waals surface area contributed by atoms with Crippen LogP contribution in [0.3, 0.4) is 0 Å². The number of carbonyl (C=O) groups is 2. The summed E-state index contributed by atoms with van der Waals surface area (Å²) in [4.78, 5) is 25.4. The van der Waals surface area contributed by atoms with Gasteiger partial charge < -0.3 is 34.3 Å². The smallest absolute Gasteiger partial charge is 0.306 e. The number of hydrogen-bond donors (Lipinski definition) is 4. The third kappa shape index (κ3) is 32.7. The monoisotopic (exact) mass is 895 g/mol. The fraction of sp³-hybridized carbons (Fsp3) is 0.714. The molecule has 0 aromatic rings. The maximum Gasteiger partial charge on any atom is 0.306 e. The highest BCUT2D eigenvalue weighted by atomic mass is 32.2. The third-order valence-electron chi connectivity index (χ3n) is 10.3. The number of allylic oxidation sites excluding steroid dienone is 12. The molecule has 1 fully saturated rings. The minimum atomic E-state index is -4.61. The van der Waals surface area contributed by atoms with Crippen molar-refractivity contribution in [3.63, 3.8) is 0 Å². The molecule has 12 nitrogen and oxygen atoms in total. The van der Waals surface area contributed by atoms with E-state index in [1.54, 1.807) is 0 Å². The van der Waals surface area contributed by atoms with E-state index in [2.05, 4.69) is 86.8 Å². The molecule has 2 unspecified atom stereocenters. The minimum absolute atomic E-state index is 0.116. The molecule has 1 rings (SSSR count). The highest BCUT2D eigenvalue weighted by molar-refractivity contribution is 7.85. The Morgan fingerprint density at radius 3 is 1.50 bits per heavy atom. The van der Waals surface area contributed by atoms with E-state index in [0.717, 1.165) is 70.6 Å². The van der Waals surface area contributed by atoms with Gasteiger partial charge in [-0.2, -0.15) is 8.42 Å². The van der Waals surface area contributed by atoms with E-state index in [0.29, 0.717) is 12.8 Å². The summed E-state index contributed by atoms with van der Waals surface area (Å²) < 4.78 is 54.0. The fourth-order valence-corrected chi connectivity index (χ4v) is 7.26. The molecule has 4 N–H and O–H groups in total. The lowest BCUT2D eigenvalue weighted by molar-refractivity contribution is -0.297. The van der Waals surface area contributed by atoms with Crippen molar-refractivity contribution >= 4 is 22.1 Å². The van der Waals surface area contributed by atoms with E-state index in [1.807, 2.05) is 0 Å². The summed E-state index contributed by atoms with van der Waals surface area (Å²) in [6, 6.07) is 0. The summed E-state index contributed by atoms with van der Waals surface area (Å²) in [7, 11) is -4.61. The maximum absolute atomic E-state index is 12.8. The molecule has 13 heteroatoms. The van der Waals surface area contributed by atoms with Gasteiger partial charge in [0.05, 0.1) is 6.61 Å². The molecule has 0 aliphatic carbocycles. The van der Waals surface area contributed by atoms with Crippen LogP contribution in [-0.4, -0.2) is 96.0 Å². The molecular weight excluding hydrogens is 813 g/mol. The third-order valence-corrected chi connectivity index (χ3v) is 11.0. The topological polar surface area (TPSA) is 186 Å². The first-order valence-corrected chi connectivity index (χ1v) is 25.1. The molecule has 0 radical (unpaired) electrons. The van der Waals surface area contributed by atoms with Gasteiger partial charge in [-0.3, -0.25) is 14.1 Å². The quantitative estimate of drug-likeness (QED) is 0.0199. The van der Waals surface area contributed by atoms with E-state index in [9.17, 15) is 37.9 Å². The number of ether oxygens (including phenoxy) is 4. The van der Waals surface area contributed by atoms with Crippen LogP contribution >= 0.6 is 0 Å². The number of aliphatic hydroxyl groups excluding tert-OH is 3. The lowest BCUT2D eigenvalue weighted by Crippen LogP contribution is -2.60. The first-order valence-electron chi connectivity index (χ1n) is 23.5. The molecule has 356 valence electrons. The summed E-state index contributed by atoms with van der Waals surface area (Å²) in [5, 5.41) is 30.9. The normalized spacial score (nSPS) is 20.5. The highest BCUT2D eigenvalue weighted by Gasteiger charge is 2.46. The van der Waals surface area contributed by atoms with Crippen LogP contribution in [0.4, 0.5) is 0 Å². The average Bonchev–Trinajstić information content (AvgIpc) is 3.24. The van der Waals surface area contributed by atoms with E-state index in [4.69, 9.17) is 18.9 Å². The van der Waals surface area contributed by atoms with Gasteiger partial charge in [0, 0.05) is 12.8 Å². The van der Waals surface area contributed by atoms with E-state index < -0.39 is 71.2 Å². The fourth-order valence-electron chi connectivity index (χ4n) is 6.57. The van der Waals surface area contributed by atoms with Crippen LogP contribution in [-0.2, 0) is 38.7 Å². The van der Waals surface area contributed by atoms with Crippen molar-refractivity contribution in [2.75, 3.05) is 19.0 Å². The lowest BCUT2D eigenvalue weighted by Gasteiger charge is -2.40. The van der Waals surface area contributed by atoms with Gasteiger partial charge >= 0.3 is 11.9 Å². The molecule has 1 aliphatic rings. The summed E-state index contributed by atoms with van der Waals surface area (Å²) in [6.07, 6.45) is 39.4. The van der Waals surface area contributed by atoms with Gasteiger partial charge in [-0.15, -0.1) is 0 Å². The first-order chi connectivity index (χ1) is 30.0. The van der Waals surface area contributed by atoms with Gasteiger partial charge in [0.25, 0.3) is 10.1 Å². The van der Waals surface area contributed by atoms with Gasteiger partial charge in [-0.25, -0.2) is 0 Å². The van der Waals surface area contributed by atoms with Crippen molar-refractivity contribution < 1.29 is 56.8 Å². The van der Waals surface area contributed by atoms with Gasteiger partial charge in [-0.05, 0) is 89.9 Å². The highest BCUT2D eigenvalue weighted by Crippen LogP contribution is 2.24. The Hall–Kier alpha value is -2.91. The van der Waals surface area contributed by atoms with Crippen molar-refractivity contribution in [2.24, 2.45) is 0 Å². The second-order valence-electron chi connectivity index (χ2n) is 16.1. The number of aliphatic hydroxyl groups is 3. The maximum atomic E-state index is 12.8. The Kier molecular flexibility index (Phi) is 35.5. The van der Waals surface area contributed by atoms with Gasteiger partial charge in [0.15, 0.2) is 12.4 Å². The van der Waals surface area contributed by atoms with Crippen LogP contribution in [0.15, 0.2) is 72.9 Å². The van der Waals surface area contributed by atoms with Crippen molar-refractivity contribution in [3.8, 4) is 0 Å².